The van der Waals surface area contributed by atoms with E-state index in [1.54, 1.807) is 11.0 Å². The fourth-order valence-corrected chi connectivity index (χ4v) is 4.70. The molecule has 1 saturated carbocycles. The summed E-state index contributed by atoms with van der Waals surface area (Å²) >= 11 is 11.5. The molecule has 2 aromatic rings. The number of aliphatic hydroxyl groups excluding tert-OH is 1. The van der Waals surface area contributed by atoms with Gasteiger partial charge in [-0.1, -0.05) is 28.4 Å². The van der Waals surface area contributed by atoms with Gasteiger partial charge in [-0.3, -0.25) is 9.78 Å². The van der Waals surface area contributed by atoms with Gasteiger partial charge in [0.05, 0.1) is 28.6 Å². The molecular weight excluding hydrogens is 515 g/mol. The van der Waals surface area contributed by atoms with Gasteiger partial charge >= 0.3 is 6.18 Å². The average Bonchev–Trinajstić information content (AvgIpc) is 3.22. The summed E-state index contributed by atoms with van der Waals surface area (Å²) in [4.78, 5) is 23.2. The molecule has 1 atom stereocenters. The minimum absolute atomic E-state index is 0.0262. The third-order valence-corrected chi connectivity index (χ3v) is 7.11. The van der Waals surface area contributed by atoms with E-state index in [0.717, 1.165) is 17.7 Å². The summed E-state index contributed by atoms with van der Waals surface area (Å²) in [7, 11) is 0. The molecule has 13 heteroatoms. The Hall–Kier alpha value is -2.63. The zero-order valence-corrected chi connectivity index (χ0v) is 19.4. The first kappa shape index (κ1) is 24.1. The molecule has 35 heavy (non-hydrogen) atoms. The summed E-state index contributed by atoms with van der Waals surface area (Å²) < 4.78 is 56.5. The maximum absolute atomic E-state index is 14.2. The Labute approximate surface area is 206 Å². The van der Waals surface area contributed by atoms with Gasteiger partial charge in [-0.2, -0.15) is 13.2 Å². The van der Waals surface area contributed by atoms with E-state index in [4.69, 9.17) is 28.0 Å². The molecule has 186 valence electrons. The number of fused-ring (bicyclic) bond motifs is 1. The maximum atomic E-state index is 14.2. The highest BCUT2D eigenvalue weighted by Gasteiger charge is 2.63. The highest BCUT2D eigenvalue weighted by Crippen LogP contribution is 2.50. The van der Waals surface area contributed by atoms with Crippen LogP contribution in [0.1, 0.15) is 46.4 Å². The molecule has 7 nitrogen and oxygen atoms in total. The molecule has 0 bridgehead atoms. The number of oxime groups is 1. The van der Waals surface area contributed by atoms with Crippen LogP contribution in [-0.2, 0) is 23.5 Å². The second kappa shape index (κ2) is 8.21. The number of benzene rings is 1. The predicted molar refractivity (Wildman–Crippen MR) is 117 cm³/mol. The summed E-state index contributed by atoms with van der Waals surface area (Å²) in [6, 6.07) is 3.24. The Morgan fingerprint density at radius 1 is 1.17 bits per heavy atom. The molecule has 1 amide bonds. The minimum atomic E-state index is -4.91. The van der Waals surface area contributed by atoms with E-state index in [2.05, 4.69) is 15.5 Å². The van der Waals surface area contributed by atoms with Crippen molar-refractivity contribution in [2.75, 3.05) is 6.61 Å². The Morgan fingerprint density at radius 3 is 2.43 bits per heavy atom. The molecule has 2 N–H and O–H groups in total. The van der Waals surface area contributed by atoms with Crippen molar-refractivity contribution in [2.24, 2.45) is 5.16 Å². The Kier molecular flexibility index (Phi) is 5.65. The van der Waals surface area contributed by atoms with Gasteiger partial charge in [0.15, 0.2) is 5.82 Å². The highest BCUT2D eigenvalue weighted by atomic mass is 35.5. The van der Waals surface area contributed by atoms with E-state index in [0.29, 0.717) is 18.4 Å². The second-order valence-corrected chi connectivity index (χ2v) is 9.76. The molecule has 3 aliphatic rings. The van der Waals surface area contributed by atoms with Crippen molar-refractivity contribution in [2.45, 2.75) is 49.7 Å². The zero-order chi connectivity index (χ0) is 25.2. The topological polar surface area (TPSA) is 87.0 Å². The standard InChI is InChI=1S/C22H18Cl2F4N4O3/c23-14-4-13(5-15(24)18(14)25)21(22(26,27)28)6-17(31-35-21)32-8-11-3-16(29-7-12(11)9-32)19(34)30-20(10-33)1-2-20/h3-5,7,33H,1-2,6,8-10H2,(H,30,34). The first-order valence-electron chi connectivity index (χ1n) is 10.6. The number of rotatable bonds is 4. The zero-order valence-electron chi connectivity index (χ0n) is 17.9. The molecule has 1 unspecified atom stereocenters. The van der Waals surface area contributed by atoms with Crippen LogP contribution >= 0.6 is 23.2 Å². The lowest BCUT2D eigenvalue weighted by molar-refractivity contribution is -0.275. The van der Waals surface area contributed by atoms with E-state index >= 15 is 0 Å². The van der Waals surface area contributed by atoms with Crippen LogP contribution in [-0.4, -0.2) is 45.1 Å². The molecule has 1 aliphatic carbocycles. The van der Waals surface area contributed by atoms with Crippen molar-refractivity contribution in [3.05, 3.63) is 62.6 Å². The quantitative estimate of drug-likeness (QED) is 0.453. The van der Waals surface area contributed by atoms with Crippen molar-refractivity contribution in [1.29, 1.82) is 0 Å². The summed E-state index contributed by atoms with van der Waals surface area (Å²) in [6.07, 6.45) is -2.73. The molecule has 0 spiro atoms. The van der Waals surface area contributed by atoms with Crippen LogP contribution in [0.25, 0.3) is 0 Å². The summed E-state index contributed by atoms with van der Waals surface area (Å²) in [5.41, 5.74) is -2.37. The van der Waals surface area contributed by atoms with Crippen molar-refractivity contribution in [1.82, 2.24) is 15.2 Å². The molecular formula is C22H18Cl2F4N4O3. The third kappa shape index (κ3) is 4.09. The number of hydrogen-bond acceptors (Lipinski definition) is 6. The number of halogens is 6. The van der Waals surface area contributed by atoms with Crippen LogP contribution in [0.2, 0.25) is 10.0 Å². The van der Waals surface area contributed by atoms with Gasteiger partial charge in [-0.25, -0.2) is 4.39 Å². The Balaban J connectivity index is 1.36. The third-order valence-electron chi connectivity index (χ3n) is 6.56. The van der Waals surface area contributed by atoms with Gasteiger partial charge < -0.3 is 20.2 Å². The molecule has 3 heterocycles. The molecule has 1 fully saturated rings. The monoisotopic (exact) mass is 532 g/mol. The minimum Gasteiger partial charge on any atom is -0.394 e. The number of pyridine rings is 1. The van der Waals surface area contributed by atoms with Crippen LogP contribution in [0, 0.1) is 5.82 Å². The molecule has 1 aromatic carbocycles. The lowest BCUT2D eigenvalue weighted by atomic mass is 9.89. The summed E-state index contributed by atoms with van der Waals surface area (Å²) in [6.45, 7) is 0.235. The molecule has 1 aromatic heterocycles. The normalized spacial score (nSPS) is 22.5. The molecule has 2 aliphatic heterocycles. The van der Waals surface area contributed by atoms with Gasteiger partial charge in [0.1, 0.15) is 11.5 Å². The van der Waals surface area contributed by atoms with Crippen LogP contribution < -0.4 is 5.32 Å². The lowest BCUT2D eigenvalue weighted by Gasteiger charge is -2.30. The van der Waals surface area contributed by atoms with Crippen molar-refractivity contribution in [3.63, 3.8) is 0 Å². The van der Waals surface area contributed by atoms with Crippen LogP contribution in [0.5, 0.6) is 0 Å². The van der Waals surface area contributed by atoms with Gasteiger partial charge in [-0.05, 0) is 42.2 Å². The largest absolute Gasteiger partial charge is 0.435 e. The van der Waals surface area contributed by atoms with E-state index < -0.39 is 51.1 Å². The number of amides is 1. The number of amidine groups is 1. The summed E-state index contributed by atoms with van der Waals surface area (Å²) in [5, 5.41) is 14.8. The SMILES string of the molecule is O=C(NC1(CO)CC1)c1cc2c(cn1)CN(C1=NOC(c3cc(Cl)c(F)c(Cl)c3)(C(F)(F)F)C1)C2. The van der Waals surface area contributed by atoms with Gasteiger partial charge in [0.2, 0.25) is 0 Å². The second-order valence-electron chi connectivity index (χ2n) is 8.94. The van der Waals surface area contributed by atoms with Crippen molar-refractivity contribution < 1.29 is 32.3 Å². The van der Waals surface area contributed by atoms with E-state index in [1.807, 2.05) is 0 Å². The Morgan fingerprint density at radius 2 is 1.83 bits per heavy atom. The maximum Gasteiger partial charge on any atom is 0.435 e. The van der Waals surface area contributed by atoms with E-state index in [9.17, 15) is 27.5 Å². The number of nitrogens with one attached hydrogen (secondary N) is 1. The molecule has 5 rings (SSSR count). The first-order valence-corrected chi connectivity index (χ1v) is 11.4. The number of nitrogens with zero attached hydrogens (tertiary/aromatic N) is 3. The van der Waals surface area contributed by atoms with E-state index in [1.165, 1.54) is 6.20 Å². The lowest BCUT2D eigenvalue weighted by Crippen LogP contribution is -2.44. The smallest absolute Gasteiger partial charge is 0.394 e. The van der Waals surface area contributed by atoms with Crippen LogP contribution in [0.4, 0.5) is 17.6 Å². The van der Waals surface area contributed by atoms with Gasteiger partial charge in [-0.15, -0.1) is 0 Å². The predicted octanol–water partition coefficient (Wildman–Crippen LogP) is 4.29. The first-order chi connectivity index (χ1) is 16.5. The molecule has 0 radical (unpaired) electrons. The number of alkyl halides is 3. The van der Waals surface area contributed by atoms with Gasteiger partial charge in [0, 0.05) is 24.8 Å². The number of aliphatic hydroxyl groups is 1. The van der Waals surface area contributed by atoms with Crippen LogP contribution in [0.15, 0.2) is 29.6 Å². The number of hydrogen-bond donors (Lipinski definition) is 2. The summed E-state index contributed by atoms with van der Waals surface area (Å²) in [5.74, 6) is -1.43. The van der Waals surface area contributed by atoms with Crippen LogP contribution in [0.3, 0.4) is 0 Å². The fourth-order valence-electron chi connectivity index (χ4n) is 4.21. The van der Waals surface area contributed by atoms with Gasteiger partial charge in [0.25, 0.3) is 11.5 Å². The Bertz CT molecular complexity index is 1230. The number of carbonyl (C=O) groups excluding carboxylic acids is 1. The molecule has 0 saturated heterocycles. The number of carbonyl (C=O) groups is 1. The van der Waals surface area contributed by atoms with E-state index in [-0.39, 0.29) is 31.2 Å². The number of aromatic nitrogens is 1. The fraction of sp³-hybridized carbons (Fsp3) is 0.409. The highest BCUT2D eigenvalue weighted by molar-refractivity contribution is 6.35. The van der Waals surface area contributed by atoms with Crippen molar-refractivity contribution >= 4 is 34.9 Å². The average molecular weight is 533 g/mol. The van der Waals surface area contributed by atoms with Crippen molar-refractivity contribution in [3.8, 4) is 0 Å².